The van der Waals surface area contributed by atoms with Crippen molar-refractivity contribution in [3.05, 3.63) is 36.4 Å². The van der Waals surface area contributed by atoms with E-state index >= 15 is 0 Å². The molecular weight excluding hydrogens is 417 g/mol. The maximum Gasteiger partial charge on any atom is 0.528 e. The number of piperidine rings is 1. The summed E-state index contributed by atoms with van der Waals surface area (Å²) < 4.78 is 25.4. The summed E-state index contributed by atoms with van der Waals surface area (Å²) in [5.41, 5.74) is 1.02. The number of ether oxygens (including phenoxy) is 2. The number of nitrogens with zero attached hydrogens (tertiary/aromatic N) is 3. The highest BCUT2D eigenvalue weighted by Gasteiger charge is 2.24. The van der Waals surface area contributed by atoms with Crippen molar-refractivity contribution in [1.82, 2.24) is 15.0 Å². The SMILES string of the molecule is CC(C)Nc1ccc(Nc2cc(OC3CCN(OC(=O)OC(C)C)CC3)ncn2)c(F)c1. The first kappa shape index (κ1) is 23.5. The van der Waals surface area contributed by atoms with E-state index in [0.717, 1.165) is 0 Å². The van der Waals surface area contributed by atoms with Crippen molar-refractivity contribution in [2.75, 3.05) is 23.7 Å². The zero-order valence-electron chi connectivity index (χ0n) is 18.8. The average molecular weight is 448 g/mol. The van der Waals surface area contributed by atoms with Gasteiger partial charge in [-0.1, -0.05) is 0 Å². The Balaban J connectivity index is 1.52. The van der Waals surface area contributed by atoms with Crippen LogP contribution < -0.4 is 15.4 Å². The van der Waals surface area contributed by atoms with Crippen molar-refractivity contribution < 1.29 is 23.5 Å². The van der Waals surface area contributed by atoms with Crippen LogP contribution in [0.1, 0.15) is 40.5 Å². The summed E-state index contributed by atoms with van der Waals surface area (Å²) in [4.78, 5) is 25.1. The minimum Gasteiger partial charge on any atom is -0.474 e. The van der Waals surface area contributed by atoms with Gasteiger partial charge in [0, 0.05) is 43.7 Å². The number of hydrogen-bond acceptors (Lipinski definition) is 9. The van der Waals surface area contributed by atoms with Gasteiger partial charge in [-0.05, 0) is 45.9 Å². The molecule has 2 heterocycles. The molecule has 0 radical (unpaired) electrons. The molecule has 2 N–H and O–H groups in total. The molecular formula is C22H30FN5O4. The minimum absolute atomic E-state index is 0.0863. The third-order valence-electron chi connectivity index (χ3n) is 4.55. The summed E-state index contributed by atoms with van der Waals surface area (Å²) in [5, 5.41) is 7.69. The highest BCUT2D eigenvalue weighted by molar-refractivity contribution is 5.61. The summed E-state index contributed by atoms with van der Waals surface area (Å²) in [7, 11) is 0. The number of nitrogens with one attached hydrogen (secondary N) is 2. The Kier molecular flexibility index (Phi) is 8.04. The zero-order chi connectivity index (χ0) is 23.1. The van der Waals surface area contributed by atoms with Gasteiger partial charge in [-0.15, -0.1) is 5.06 Å². The normalized spacial score (nSPS) is 15.0. The third-order valence-corrected chi connectivity index (χ3v) is 4.55. The number of carbonyl (C=O) groups excluding carboxylic acids is 1. The molecule has 0 spiro atoms. The molecule has 0 bridgehead atoms. The molecule has 174 valence electrons. The van der Waals surface area contributed by atoms with E-state index in [4.69, 9.17) is 14.3 Å². The van der Waals surface area contributed by atoms with Gasteiger partial charge >= 0.3 is 6.16 Å². The highest BCUT2D eigenvalue weighted by atomic mass is 19.1. The number of hydroxylamine groups is 2. The van der Waals surface area contributed by atoms with Gasteiger partial charge < -0.3 is 24.9 Å². The Labute approximate surface area is 187 Å². The lowest BCUT2D eigenvalue weighted by molar-refractivity contribution is -0.151. The molecule has 9 nitrogen and oxygen atoms in total. The van der Waals surface area contributed by atoms with Crippen LogP contribution in [0, 0.1) is 5.82 Å². The first-order chi connectivity index (χ1) is 15.3. The fourth-order valence-electron chi connectivity index (χ4n) is 3.18. The molecule has 2 aromatic rings. The maximum atomic E-state index is 14.4. The van der Waals surface area contributed by atoms with E-state index in [1.807, 2.05) is 13.8 Å². The molecule has 0 aliphatic carbocycles. The quantitative estimate of drug-likeness (QED) is 0.567. The Hall–Kier alpha value is -3.14. The number of hydrogen-bond donors (Lipinski definition) is 2. The largest absolute Gasteiger partial charge is 0.528 e. The molecule has 0 unspecified atom stereocenters. The molecule has 32 heavy (non-hydrogen) atoms. The Bertz CT molecular complexity index is 904. The first-order valence-electron chi connectivity index (χ1n) is 10.7. The molecule has 10 heteroatoms. The lowest BCUT2D eigenvalue weighted by Crippen LogP contribution is -2.40. The molecule has 1 aromatic carbocycles. The predicted octanol–water partition coefficient (Wildman–Crippen LogP) is 4.50. The van der Waals surface area contributed by atoms with E-state index in [1.165, 1.54) is 12.4 Å². The molecule has 1 aliphatic heterocycles. The summed E-state index contributed by atoms with van der Waals surface area (Å²) in [6.07, 6.45) is 1.65. The Morgan fingerprint density at radius 3 is 2.56 bits per heavy atom. The van der Waals surface area contributed by atoms with Crippen molar-refractivity contribution in [2.24, 2.45) is 0 Å². The van der Waals surface area contributed by atoms with Crippen LogP contribution in [0.4, 0.5) is 26.4 Å². The van der Waals surface area contributed by atoms with Crippen LogP contribution in [0.25, 0.3) is 0 Å². The minimum atomic E-state index is -0.703. The second-order valence-corrected chi connectivity index (χ2v) is 8.11. The van der Waals surface area contributed by atoms with E-state index in [-0.39, 0.29) is 24.1 Å². The molecule has 0 amide bonds. The van der Waals surface area contributed by atoms with E-state index in [9.17, 15) is 9.18 Å². The zero-order valence-corrected chi connectivity index (χ0v) is 18.8. The van der Waals surface area contributed by atoms with Crippen molar-refractivity contribution in [3.8, 4) is 5.88 Å². The van der Waals surface area contributed by atoms with E-state index in [1.54, 1.807) is 37.1 Å². The number of anilines is 3. The monoisotopic (exact) mass is 447 g/mol. The Morgan fingerprint density at radius 1 is 1.16 bits per heavy atom. The topological polar surface area (TPSA) is 97.8 Å². The molecule has 1 aliphatic rings. The fraction of sp³-hybridized carbons (Fsp3) is 0.500. The van der Waals surface area contributed by atoms with Crippen LogP contribution in [0.5, 0.6) is 5.88 Å². The molecule has 1 saturated heterocycles. The van der Waals surface area contributed by atoms with E-state index < -0.39 is 6.16 Å². The first-order valence-corrected chi connectivity index (χ1v) is 10.7. The average Bonchev–Trinajstić information content (AvgIpc) is 2.71. The van der Waals surface area contributed by atoms with Gasteiger partial charge in [0.25, 0.3) is 0 Å². The summed E-state index contributed by atoms with van der Waals surface area (Å²) in [5.74, 6) is 0.426. The van der Waals surface area contributed by atoms with Crippen LogP contribution in [0.3, 0.4) is 0 Å². The second kappa shape index (κ2) is 10.9. The molecule has 0 saturated carbocycles. The highest BCUT2D eigenvalue weighted by Crippen LogP contribution is 2.25. The summed E-state index contributed by atoms with van der Waals surface area (Å²) in [6.45, 7) is 8.56. The molecule has 1 aromatic heterocycles. The number of halogens is 1. The van der Waals surface area contributed by atoms with Gasteiger partial charge in [0.15, 0.2) is 0 Å². The third kappa shape index (κ3) is 7.23. The smallest absolute Gasteiger partial charge is 0.474 e. The lowest BCUT2D eigenvalue weighted by atomic mass is 10.1. The molecule has 3 rings (SSSR count). The molecule has 1 fully saturated rings. The fourth-order valence-corrected chi connectivity index (χ4v) is 3.18. The number of carbonyl (C=O) groups is 1. The number of benzene rings is 1. The van der Waals surface area contributed by atoms with Gasteiger partial charge in [-0.25, -0.2) is 19.2 Å². The predicted molar refractivity (Wildman–Crippen MR) is 118 cm³/mol. The van der Waals surface area contributed by atoms with Gasteiger partial charge in [0.2, 0.25) is 5.88 Å². The van der Waals surface area contributed by atoms with Crippen molar-refractivity contribution in [2.45, 2.75) is 58.8 Å². The standard InChI is InChI=1S/C22H30FN5O4/c1-14(2)26-16-5-6-19(18(23)11-16)27-20-12-21(25-13-24-20)31-17-7-9-28(10-8-17)32-22(29)30-15(3)4/h5-6,11-15,17,26H,7-10H2,1-4H3,(H,24,25,27). The van der Waals surface area contributed by atoms with Gasteiger partial charge in [0.05, 0.1) is 11.8 Å². The van der Waals surface area contributed by atoms with Crippen LogP contribution in [-0.4, -0.2) is 52.5 Å². The van der Waals surface area contributed by atoms with Crippen LogP contribution in [0.2, 0.25) is 0 Å². The van der Waals surface area contributed by atoms with Crippen molar-refractivity contribution in [3.63, 3.8) is 0 Å². The Morgan fingerprint density at radius 2 is 1.91 bits per heavy atom. The van der Waals surface area contributed by atoms with Crippen LogP contribution >= 0.6 is 0 Å². The number of rotatable bonds is 8. The van der Waals surface area contributed by atoms with Gasteiger partial charge in [-0.3, -0.25) is 0 Å². The lowest BCUT2D eigenvalue weighted by Gasteiger charge is -2.30. The second-order valence-electron chi connectivity index (χ2n) is 8.11. The maximum absolute atomic E-state index is 14.4. The molecule has 0 atom stereocenters. The van der Waals surface area contributed by atoms with E-state index in [0.29, 0.717) is 49.0 Å². The van der Waals surface area contributed by atoms with Crippen molar-refractivity contribution in [1.29, 1.82) is 0 Å². The summed E-state index contributed by atoms with van der Waals surface area (Å²) in [6, 6.07) is 6.73. The van der Waals surface area contributed by atoms with Crippen LogP contribution in [0.15, 0.2) is 30.6 Å². The summed E-state index contributed by atoms with van der Waals surface area (Å²) >= 11 is 0. The van der Waals surface area contributed by atoms with E-state index in [2.05, 4.69) is 20.6 Å². The number of aromatic nitrogens is 2. The van der Waals surface area contributed by atoms with Gasteiger partial charge in [0.1, 0.15) is 24.1 Å². The van der Waals surface area contributed by atoms with Gasteiger partial charge in [-0.2, -0.15) is 0 Å². The van der Waals surface area contributed by atoms with Crippen LogP contribution in [-0.2, 0) is 9.57 Å². The van der Waals surface area contributed by atoms with Crippen molar-refractivity contribution >= 4 is 23.3 Å².